The summed E-state index contributed by atoms with van der Waals surface area (Å²) in [5, 5.41) is 5.77. The Bertz CT molecular complexity index is 1220. The number of aryl methyl sites for hydroxylation is 1. The molecule has 5 rings (SSSR count). The molecule has 1 saturated heterocycles. The Balaban J connectivity index is 1.61. The van der Waals surface area contributed by atoms with Crippen LogP contribution in [0.5, 0.6) is 5.75 Å². The second-order valence-electron chi connectivity index (χ2n) is 8.81. The van der Waals surface area contributed by atoms with Gasteiger partial charge in [-0.3, -0.25) is 14.7 Å². The maximum atomic E-state index is 14.8. The molecule has 1 amide bonds. The highest BCUT2D eigenvalue weighted by Gasteiger charge is 2.36. The predicted molar refractivity (Wildman–Crippen MR) is 122 cm³/mol. The number of benzene rings is 1. The molecule has 2 aromatic heterocycles. The van der Waals surface area contributed by atoms with Gasteiger partial charge in [0.25, 0.3) is 5.92 Å². The molecule has 2 N–H and O–H groups in total. The van der Waals surface area contributed by atoms with Crippen molar-refractivity contribution < 1.29 is 18.3 Å². The lowest BCUT2D eigenvalue weighted by Crippen LogP contribution is -2.54. The number of aromatic nitrogens is 4. The molecule has 0 saturated carbocycles. The van der Waals surface area contributed by atoms with Crippen LogP contribution in [-0.2, 0) is 4.79 Å². The van der Waals surface area contributed by atoms with Crippen LogP contribution in [0.3, 0.4) is 0 Å². The van der Waals surface area contributed by atoms with Gasteiger partial charge < -0.3 is 15.4 Å². The van der Waals surface area contributed by atoms with Crippen molar-refractivity contribution in [1.82, 2.24) is 30.2 Å². The van der Waals surface area contributed by atoms with Crippen molar-refractivity contribution in [3.05, 3.63) is 36.5 Å². The van der Waals surface area contributed by atoms with Gasteiger partial charge in [0.1, 0.15) is 17.2 Å². The van der Waals surface area contributed by atoms with E-state index in [2.05, 4.69) is 30.6 Å². The maximum Gasteiger partial charge on any atom is 0.298 e. The van der Waals surface area contributed by atoms with Crippen molar-refractivity contribution in [2.45, 2.75) is 37.8 Å². The molecule has 0 spiro atoms. The Morgan fingerprint density at radius 1 is 1.18 bits per heavy atom. The molecule has 1 aromatic carbocycles. The van der Waals surface area contributed by atoms with Gasteiger partial charge in [-0.15, -0.1) is 0 Å². The molecular weight excluding hydrogens is 444 g/mol. The Hall–Kier alpha value is -3.47. The SMILES string of the molecule is Cc1ncc(-c2ccc3ncc4nc3c2OCC(F)(F)CNC(=O)[C@@H]2C[C@H](CCN2C)N4)cn1. The molecule has 4 heterocycles. The molecule has 2 aliphatic heterocycles. The summed E-state index contributed by atoms with van der Waals surface area (Å²) < 4.78 is 35.3. The summed E-state index contributed by atoms with van der Waals surface area (Å²) in [4.78, 5) is 32.2. The number of carbonyl (C=O) groups is 1. The average Bonchev–Trinajstić information content (AvgIpc) is 2.82. The lowest BCUT2D eigenvalue weighted by Gasteiger charge is -2.37. The number of hydrogen-bond donors (Lipinski definition) is 2. The maximum absolute atomic E-state index is 14.8. The van der Waals surface area contributed by atoms with Gasteiger partial charge in [-0.25, -0.2) is 23.7 Å². The van der Waals surface area contributed by atoms with Crippen molar-refractivity contribution in [2.75, 3.05) is 32.1 Å². The number of anilines is 1. The lowest BCUT2D eigenvalue weighted by atomic mass is 9.97. The fourth-order valence-electron chi connectivity index (χ4n) is 4.32. The number of nitrogens with zero attached hydrogens (tertiary/aromatic N) is 5. The van der Waals surface area contributed by atoms with E-state index in [0.29, 0.717) is 46.8 Å². The topological polar surface area (TPSA) is 105 Å². The van der Waals surface area contributed by atoms with Crippen LogP contribution in [-0.4, -0.2) is 75.5 Å². The highest BCUT2D eigenvalue weighted by atomic mass is 19.3. The van der Waals surface area contributed by atoms with Gasteiger partial charge in [-0.2, -0.15) is 0 Å². The molecule has 4 bridgehead atoms. The smallest absolute Gasteiger partial charge is 0.298 e. The fourth-order valence-corrected chi connectivity index (χ4v) is 4.32. The summed E-state index contributed by atoms with van der Waals surface area (Å²) in [6, 6.07) is 2.93. The number of likely N-dealkylation sites (tertiary alicyclic amines) is 1. The Labute approximate surface area is 195 Å². The van der Waals surface area contributed by atoms with Gasteiger partial charge >= 0.3 is 0 Å². The van der Waals surface area contributed by atoms with Crippen molar-refractivity contribution in [2.24, 2.45) is 0 Å². The highest BCUT2D eigenvalue weighted by molar-refractivity contribution is 5.90. The molecule has 2 atom stereocenters. The Morgan fingerprint density at radius 2 is 1.97 bits per heavy atom. The fraction of sp³-hybridized carbons (Fsp3) is 0.435. The van der Waals surface area contributed by atoms with Crippen LogP contribution in [0.25, 0.3) is 22.2 Å². The molecule has 2 aliphatic rings. The molecule has 1 fully saturated rings. The minimum absolute atomic E-state index is 0.0554. The van der Waals surface area contributed by atoms with Crippen molar-refractivity contribution in [3.8, 4) is 16.9 Å². The standard InChI is InChI=1S/C23H25F2N7O2/c1-13-26-8-14(9-27-13)16-3-4-17-20-21(16)34-12-23(24,25)11-29-22(33)18-7-15(5-6-32(18)2)30-19(31-20)10-28-17/h3-4,8-10,15,18H,5-7,11-12H2,1-2H3,(H,29,33)(H,30,31)/t15-,18-/m0/s1. The van der Waals surface area contributed by atoms with Crippen LogP contribution < -0.4 is 15.4 Å². The van der Waals surface area contributed by atoms with Gasteiger partial charge in [0.05, 0.1) is 24.3 Å². The van der Waals surface area contributed by atoms with Gasteiger partial charge in [0, 0.05) is 36.1 Å². The van der Waals surface area contributed by atoms with Crippen molar-refractivity contribution in [1.29, 1.82) is 0 Å². The van der Waals surface area contributed by atoms with E-state index in [1.807, 2.05) is 11.9 Å². The Kier molecular flexibility index (Phi) is 5.72. The van der Waals surface area contributed by atoms with Crippen molar-refractivity contribution >= 4 is 22.8 Å². The van der Waals surface area contributed by atoms with Gasteiger partial charge in [0.2, 0.25) is 5.91 Å². The molecular formula is C23H25F2N7O2. The lowest BCUT2D eigenvalue weighted by molar-refractivity contribution is -0.129. The molecule has 3 aromatic rings. The van der Waals surface area contributed by atoms with E-state index >= 15 is 0 Å². The summed E-state index contributed by atoms with van der Waals surface area (Å²) in [5.74, 6) is -2.46. The van der Waals surface area contributed by atoms with E-state index < -0.39 is 31.0 Å². The molecule has 0 radical (unpaired) electrons. The van der Waals surface area contributed by atoms with Gasteiger partial charge in [-0.1, -0.05) is 0 Å². The first-order valence-corrected chi connectivity index (χ1v) is 11.1. The largest absolute Gasteiger partial charge is 0.484 e. The molecule has 178 valence electrons. The first-order chi connectivity index (χ1) is 16.3. The molecule has 0 aliphatic carbocycles. The average molecular weight is 469 g/mol. The van der Waals surface area contributed by atoms with E-state index in [9.17, 15) is 13.6 Å². The Morgan fingerprint density at radius 3 is 2.76 bits per heavy atom. The second-order valence-corrected chi connectivity index (χ2v) is 8.81. The third-order valence-electron chi connectivity index (χ3n) is 6.23. The van der Waals surface area contributed by atoms with Crippen LogP contribution in [0.2, 0.25) is 0 Å². The zero-order valence-electron chi connectivity index (χ0n) is 18.9. The summed E-state index contributed by atoms with van der Waals surface area (Å²) in [6.45, 7) is 0.657. The number of rotatable bonds is 1. The van der Waals surface area contributed by atoms with Gasteiger partial charge in [0.15, 0.2) is 12.4 Å². The highest BCUT2D eigenvalue weighted by Crippen LogP contribution is 2.36. The number of hydrogen-bond acceptors (Lipinski definition) is 8. The number of carbonyl (C=O) groups excluding carboxylic acids is 1. The van der Waals surface area contributed by atoms with Crippen LogP contribution >= 0.6 is 0 Å². The summed E-state index contributed by atoms with van der Waals surface area (Å²) in [5.41, 5.74) is 2.02. The van der Waals surface area contributed by atoms with Crippen LogP contribution in [0.1, 0.15) is 18.7 Å². The number of ether oxygens (including phenoxy) is 1. The zero-order valence-corrected chi connectivity index (χ0v) is 18.9. The minimum atomic E-state index is -3.29. The summed E-state index contributed by atoms with van der Waals surface area (Å²) in [7, 11) is 1.82. The molecule has 9 nitrogen and oxygen atoms in total. The summed E-state index contributed by atoms with van der Waals surface area (Å²) >= 11 is 0. The monoisotopic (exact) mass is 469 g/mol. The molecule has 11 heteroatoms. The number of alkyl halides is 2. The molecule has 34 heavy (non-hydrogen) atoms. The second kappa shape index (κ2) is 8.71. The third kappa shape index (κ3) is 4.47. The molecule has 0 unspecified atom stereocenters. The van der Waals surface area contributed by atoms with E-state index in [0.717, 1.165) is 6.42 Å². The number of fused-ring (bicyclic) bond motifs is 3. The summed E-state index contributed by atoms with van der Waals surface area (Å²) in [6.07, 6.45) is 6.08. The number of nitrogens with one attached hydrogen (secondary N) is 2. The number of halogens is 2. The van der Waals surface area contributed by atoms with Crippen LogP contribution in [0.15, 0.2) is 30.7 Å². The number of amides is 1. The number of piperidine rings is 1. The van der Waals surface area contributed by atoms with Crippen LogP contribution in [0, 0.1) is 6.92 Å². The predicted octanol–water partition coefficient (Wildman–Crippen LogP) is 2.41. The first kappa shape index (κ1) is 22.3. The van der Waals surface area contributed by atoms with Crippen LogP contribution in [0.4, 0.5) is 14.6 Å². The van der Waals surface area contributed by atoms with E-state index in [1.165, 1.54) is 0 Å². The van der Waals surface area contributed by atoms with E-state index in [1.54, 1.807) is 37.6 Å². The number of likely N-dealkylation sites (N-methyl/N-ethyl adjacent to an activating group) is 1. The normalized spacial score (nSPS) is 23.0. The van der Waals surface area contributed by atoms with E-state index in [-0.39, 0.29) is 11.8 Å². The zero-order chi connectivity index (χ0) is 23.9. The van der Waals surface area contributed by atoms with E-state index in [4.69, 9.17) is 4.74 Å². The quantitative estimate of drug-likeness (QED) is 0.560. The van der Waals surface area contributed by atoms with Crippen molar-refractivity contribution in [3.63, 3.8) is 0 Å². The van der Waals surface area contributed by atoms with Gasteiger partial charge in [-0.05, 0) is 38.9 Å². The first-order valence-electron chi connectivity index (χ1n) is 11.1. The minimum Gasteiger partial charge on any atom is -0.484 e. The third-order valence-corrected chi connectivity index (χ3v) is 6.23.